The molecule has 2 heterocycles. The van der Waals surface area contributed by atoms with Gasteiger partial charge in [0.15, 0.2) is 5.96 Å². The van der Waals surface area contributed by atoms with Crippen molar-refractivity contribution in [3.05, 3.63) is 57.8 Å². The molecule has 5 nitrogen and oxygen atoms in total. The van der Waals surface area contributed by atoms with E-state index in [0.29, 0.717) is 19.5 Å². The molecule has 0 saturated carbocycles. The first-order valence-electron chi connectivity index (χ1n) is 10.4. The van der Waals surface area contributed by atoms with Gasteiger partial charge in [-0.3, -0.25) is 4.79 Å². The molecule has 0 bridgehead atoms. The van der Waals surface area contributed by atoms with Gasteiger partial charge in [0.25, 0.3) is 0 Å². The molecule has 156 valence electrons. The summed E-state index contributed by atoms with van der Waals surface area (Å²) in [6.07, 6.45) is 1.67. The van der Waals surface area contributed by atoms with E-state index >= 15 is 0 Å². The van der Waals surface area contributed by atoms with Crippen LogP contribution in [0.5, 0.6) is 0 Å². The highest BCUT2D eigenvalue weighted by molar-refractivity contribution is 7.10. The van der Waals surface area contributed by atoms with E-state index in [4.69, 9.17) is 4.99 Å². The van der Waals surface area contributed by atoms with Gasteiger partial charge >= 0.3 is 0 Å². The van der Waals surface area contributed by atoms with E-state index in [0.717, 1.165) is 37.6 Å². The molecule has 0 atom stereocenters. The molecular formula is C23H32N4OS. The lowest BCUT2D eigenvalue weighted by Gasteiger charge is -2.25. The van der Waals surface area contributed by atoms with Crippen LogP contribution >= 0.6 is 11.3 Å². The first kappa shape index (κ1) is 21.4. The summed E-state index contributed by atoms with van der Waals surface area (Å²) in [5.74, 6) is 1.11. The van der Waals surface area contributed by atoms with E-state index in [9.17, 15) is 4.79 Å². The lowest BCUT2D eigenvalue weighted by molar-refractivity contribution is -0.128. The van der Waals surface area contributed by atoms with Crippen molar-refractivity contribution < 1.29 is 4.79 Å². The largest absolute Gasteiger partial charge is 0.357 e. The second-order valence-corrected chi connectivity index (χ2v) is 9.09. The summed E-state index contributed by atoms with van der Waals surface area (Å²) < 4.78 is 0. The molecule has 1 fully saturated rings. The van der Waals surface area contributed by atoms with Crippen LogP contribution in [0.2, 0.25) is 0 Å². The Morgan fingerprint density at radius 3 is 2.55 bits per heavy atom. The third kappa shape index (κ3) is 6.07. The predicted octanol–water partition coefficient (Wildman–Crippen LogP) is 3.90. The standard InChI is InChI=1S/C23H32N4OS/c1-4-24-22(26-17-23(2,3)20-7-6-14-29-20)25-15-18-9-11-19(12-10-18)16-27-13-5-8-21(27)28/h6-7,9-12,14H,4-5,8,13,15-17H2,1-3H3,(H2,24,25,26). The number of hydrogen-bond acceptors (Lipinski definition) is 3. The summed E-state index contributed by atoms with van der Waals surface area (Å²) in [7, 11) is 0. The van der Waals surface area contributed by atoms with Crippen LogP contribution in [0.3, 0.4) is 0 Å². The number of aliphatic imine (C=N–C) groups is 1. The van der Waals surface area contributed by atoms with Gasteiger partial charge in [0.1, 0.15) is 0 Å². The third-order valence-electron chi connectivity index (χ3n) is 5.22. The maximum atomic E-state index is 11.8. The maximum absolute atomic E-state index is 11.8. The Morgan fingerprint density at radius 2 is 1.93 bits per heavy atom. The van der Waals surface area contributed by atoms with Gasteiger partial charge < -0.3 is 15.5 Å². The quantitative estimate of drug-likeness (QED) is 0.511. The van der Waals surface area contributed by atoms with Crippen LogP contribution in [0, 0.1) is 0 Å². The first-order valence-corrected chi connectivity index (χ1v) is 11.3. The summed E-state index contributed by atoms with van der Waals surface area (Å²) in [5, 5.41) is 8.94. The molecule has 1 amide bonds. The van der Waals surface area contributed by atoms with E-state index in [2.05, 4.69) is 73.2 Å². The van der Waals surface area contributed by atoms with E-state index in [-0.39, 0.29) is 11.3 Å². The second kappa shape index (κ2) is 9.92. The average molecular weight is 413 g/mol. The van der Waals surface area contributed by atoms with Crippen molar-refractivity contribution in [2.24, 2.45) is 4.99 Å². The molecule has 1 aliphatic heterocycles. The number of thiophene rings is 1. The maximum Gasteiger partial charge on any atom is 0.222 e. The van der Waals surface area contributed by atoms with E-state index in [1.54, 1.807) is 11.3 Å². The number of nitrogens with one attached hydrogen (secondary N) is 2. The highest BCUT2D eigenvalue weighted by atomic mass is 32.1. The van der Waals surface area contributed by atoms with Crippen molar-refractivity contribution in [1.29, 1.82) is 0 Å². The van der Waals surface area contributed by atoms with Crippen LogP contribution in [-0.4, -0.2) is 36.4 Å². The Bertz CT molecular complexity index is 812. The van der Waals surface area contributed by atoms with Gasteiger partial charge in [-0.05, 0) is 35.9 Å². The molecule has 0 aliphatic carbocycles. The number of hydrogen-bond donors (Lipinski definition) is 2. The van der Waals surface area contributed by atoms with Crippen molar-refractivity contribution in [1.82, 2.24) is 15.5 Å². The Morgan fingerprint density at radius 1 is 1.17 bits per heavy atom. The number of rotatable bonds is 8. The summed E-state index contributed by atoms with van der Waals surface area (Å²) in [5.41, 5.74) is 2.39. The normalized spacial score (nSPS) is 15.1. The summed E-state index contributed by atoms with van der Waals surface area (Å²) >= 11 is 1.79. The highest BCUT2D eigenvalue weighted by Crippen LogP contribution is 2.26. The number of guanidine groups is 1. The van der Waals surface area contributed by atoms with Crippen LogP contribution in [0.4, 0.5) is 0 Å². The van der Waals surface area contributed by atoms with Gasteiger partial charge in [0, 0.05) is 42.9 Å². The fourth-order valence-corrected chi connectivity index (χ4v) is 4.26. The van der Waals surface area contributed by atoms with Gasteiger partial charge in [0.05, 0.1) is 6.54 Å². The van der Waals surface area contributed by atoms with Gasteiger partial charge in [-0.2, -0.15) is 0 Å². The molecule has 0 unspecified atom stereocenters. The molecule has 0 spiro atoms. The Kier molecular flexibility index (Phi) is 7.31. The SMILES string of the molecule is CCNC(=NCc1ccc(CN2CCCC2=O)cc1)NCC(C)(C)c1cccs1. The molecule has 1 aromatic heterocycles. The molecule has 2 N–H and O–H groups in total. The van der Waals surface area contributed by atoms with E-state index in [1.807, 2.05) is 4.90 Å². The second-order valence-electron chi connectivity index (χ2n) is 8.15. The van der Waals surface area contributed by atoms with Crippen LogP contribution in [-0.2, 0) is 23.3 Å². The monoisotopic (exact) mass is 412 g/mol. The van der Waals surface area contributed by atoms with Crippen LogP contribution in [0.15, 0.2) is 46.8 Å². The molecular weight excluding hydrogens is 380 g/mol. The van der Waals surface area contributed by atoms with Gasteiger partial charge in [-0.1, -0.05) is 44.2 Å². The first-order chi connectivity index (χ1) is 14.0. The average Bonchev–Trinajstić information content (AvgIpc) is 3.38. The number of carbonyl (C=O) groups is 1. The number of amides is 1. The number of carbonyl (C=O) groups excluding carboxylic acids is 1. The molecule has 2 aromatic rings. The minimum atomic E-state index is 0.0546. The zero-order valence-corrected chi connectivity index (χ0v) is 18.5. The van der Waals surface area contributed by atoms with Crippen molar-refractivity contribution in [2.45, 2.75) is 52.1 Å². The summed E-state index contributed by atoms with van der Waals surface area (Å²) in [6.45, 7) is 10.4. The smallest absolute Gasteiger partial charge is 0.222 e. The number of likely N-dealkylation sites (tertiary alicyclic amines) is 1. The topological polar surface area (TPSA) is 56.7 Å². The molecule has 1 aromatic carbocycles. The molecule has 6 heteroatoms. The van der Waals surface area contributed by atoms with Gasteiger partial charge in [0.2, 0.25) is 5.91 Å². The zero-order valence-electron chi connectivity index (χ0n) is 17.7. The van der Waals surface area contributed by atoms with Crippen molar-refractivity contribution in [3.63, 3.8) is 0 Å². The number of benzene rings is 1. The van der Waals surface area contributed by atoms with Gasteiger partial charge in [-0.15, -0.1) is 11.3 Å². The zero-order chi connectivity index (χ0) is 20.7. The van der Waals surface area contributed by atoms with Crippen LogP contribution in [0.1, 0.15) is 49.6 Å². The Hall–Kier alpha value is -2.34. The molecule has 1 aliphatic rings. The third-order valence-corrected chi connectivity index (χ3v) is 6.45. The molecule has 1 saturated heterocycles. The van der Waals surface area contributed by atoms with E-state index < -0.39 is 0 Å². The molecule has 0 radical (unpaired) electrons. The Labute approximate surface area is 178 Å². The van der Waals surface area contributed by atoms with Crippen molar-refractivity contribution in [3.8, 4) is 0 Å². The molecule has 29 heavy (non-hydrogen) atoms. The van der Waals surface area contributed by atoms with E-state index in [1.165, 1.54) is 10.4 Å². The fraction of sp³-hybridized carbons (Fsp3) is 0.478. The predicted molar refractivity (Wildman–Crippen MR) is 121 cm³/mol. The number of nitrogens with zero attached hydrogens (tertiary/aromatic N) is 2. The van der Waals surface area contributed by atoms with Gasteiger partial charge in [-0.25, -0.2) is 4.99 Å². The van der Waals surface area contributed by atoms with Crippen LogP contribution in [0.25, 0.3) is 0 Å². The fourth-order valence-electron chi connectivity index (χ4n) is 3.41. The minimum absolute atomic E-state index is 0.0546. The lowest BCUT2D eigenvalue weighted by atomic mass is 9.91. The summed E-state index contributed by atoms with van der Waals surface area (Å²) in [6, 6.07) is 12.7. The summed E-state index contributed by atoms with van der Waals surface area (Å²) in [4.78, 5) is 19.8. The van der Waals surface area contributed by atoms with Crippen molar-refractivity contribution >= 4 is 23.2 Å². The lowest BCUT2D eigenvalue weighted by Crippen LogP contribution is -2.43. The Balaban J connectivity index is 1.56. The highest BCUT2D eigenvalue weighted by Gasteiger charge is 2.22. The minimum Gasteiger partial charge on any atom is -0.357 e. The van der Waals surface area contributed by atoms with Crippen LogP contribution < -0.4 is 10.6 Å². The molecule has 3 rings (SSSR count). The van der Waals surface area contributed by atoms with Crippen molar-refractivity contribution in [2.75, 3.05) is 19.6 Å².